The predicted octanol–water partition coefficient (Wildman–Crippen LogP) is 2.94. The third-order valence-corrected chi connectivity index (χ3v) is 2.72. The van der Waals surface area contributed by atoms with Gasteiger partial charge in [-0.05, 0) is 32.9 Å². The summed E-state index contributed by atoms with van der Waals surface area (Å²) < 4.78 is 43.1. The van der Waals surface area contributed by atoms with Crippen LogP contribution < -0.4 is 5.73 Å². The Balaban J connectivity index is 3.00. The standard InChI is InChI=1S/C12H19F3N2O/c1-8(2)17(7-12(13,14)15)11(9(3)16)10-5-4-6-18-10/h4-6,8-9,11H,7,16H2,1-3H3. The summed E-state index contributed by atoms with van der Waals surface area (Å²) in [5.74, 6) is 0.461. The van der Waals surface area contributed by atoms with Gasteiger partial charge < -0.3 is 10.2 Å². The Kier molecular flexibility index (Phi) is 4.81. The summed E-state index contributed by atoms with van der Waals surface area (Å²) in [5.41, 5.74) is 5.82. The van der Waals surface area contributed by atoms with Crippen LogP contribution in [0.2, 0.25) is 0 Å². The van der Waals surface area contributed by atoms with E-state index in [1.165, 1.54) is 11.2 Å². The lowest BCUT2D eigenvalue weighted by Crippen LogP contribution is -2.47. The molecule has 0 spiro atoms. The maximum atomic E-state index is 12.6. The first kappa shape index (κ1) is 15.0. The number of furan rings is 1. The van der Waals surface area contributed by atoms with Gasteiger partial charge in [0.25, 0.3) is 0 Å². The maximum Gasteiger partial charge on any atom is 0.401 e. The van der Waals surface area contributed by atoms with E-state index in [-0.39, 0.29) is 6.04 Å². The average Bonchev–Trinajstić information content (AvgIpc) is 2.67. The number of alkyl halides is 3. The van der Waals surface area contributed by atoms with E-state index >= 15 is 0 Å². The van der Waals surface area contributed by atoms with E-state index in [1.807, 2.05) is 0 Å². The van der Waals surface area contributed by atoms with Crippen molar-refractivity contribution < 1.29 is 17.6 Å². The minimum Gasteiger partial charge on any atom is -0.468 e. The molecule has 0 aromatic carbocycles. The van der Waals surface area contributed by atoms with Crippen LogP contribution in [-0.4, -0.2) is 29.7 Å². The molecule has 104 valence electrons. The molecule has 0 radical (unpaired) electrons. The monoisotopic (exact) mass is 264 g/mol. The molecule has 0 aliphatic heterocycles. The minimum atomic E-state index is -4.26. The molecule has 0 saturated carbocycles. The summed E-state index contributed by atoms with van der Waals surface area (Å²) >= 11 is 0. The van der Waals surface area contributed by atoms with Crippen LogP contribution in [0.5, 0.6) is 0 Å². The largest absolute Gasteiger partial charge is 0.468 e. The van der Waals surface area contributed by atoms with Gasteiger partial charge in [-0.2, -0.15) is 13.2 Å². The molecule has 3 nitrogen and oxygen atoms in total. The van der Waals surface area contributed by atoms with Crippen molar-refractivity contribution >= 4 is 0 Å². The van der Waals surface area contributed by atoms with Crippen molar-refractivity contribution in [2.24, 2.45) is 5.73 Å². The molecule has 6 heteroatoms. The van der Waals surface area contributed by atoms with Gasteiger partial charge in [0.2, 0.25) is 0 Å². The van der Waals surface area contributed by atoms with Crippen molar-refractivity contribution in [3.8, 4) is 0 Å². The lowest BCUT2D eigenvalue weighted by Gasteiger charge is -2.36. The fraction of sp³-hybridized carbons (Fsp3) is 0.667. The van der Waals surface area contributed by atoms with Crippen molar-refractivity contribution in [1.29, 1.82) is 0 Å². The summed E-state index contributed by atoms with van der Waals surface area (Å²) in [7, 11) is 0. The van der Waals surface area contributed by atoms with Gasteiger partial charge in [-0.3, -0.25) is 4.90 Å². The first-order valence-electron chi connectivity index (χ1n) is 5.84. The molecule has 2 atom stereocenters. The summed E-state index contributed by atoms with van der Waals surface area (Å²) in [4.78, 5) is 1.31. The molecule has 1 rings (SSSR count). The van der Waals surface area contributed by atoms with Gasteiger partial charge in [-0.15, -0.1) is 0 Å². The van der Waals surface area contributed by atoms with Gasteiger partial charge in [0.05, 0.1) is 18.8 Å². The molecule has 2 unspecified atom stereocenters. The van der Waals surface area contributed by atoms with Crippen LogP contribution in [0.3, 0.4) is 0 Å². The van der Waals surface area contributed by atoms with E-state index < -0.39 is 24.8 Å². The lowest BCUT2D eigenvalue weighted by molar-refractivity contribution is -0.157. The smallest absolute Gasteiger partial charge is 0.401 e. The normalized spacial score (nSPS) is 16.3. The molecular weight excluding hydrogens is 245 g/mol. The van der Waals surface area contributed by atoms with Crippen molar-refractivity contribution in [2.45, 2.75) is 45.1 Å². The van der Waals surface area contributed by atoms with Crippen LogP contribution in [-0.2, 0) is 0 Å². The summed E-state index contributed by atoms with van der Waals surface area (Å²) in [6, 6.07) is 1.98. The van der Waals surface area contributed by atoms with Crippen molar-refractivity contribution in [1.82, 2.24) is 4.90 Å². The van der Waals surface area contributed by atoms with E-state index in [0.717, 1.165) is 0 Å². The SMILES string of the molecule is CC(N)C(c1ccco1)N(CC(F)(F)F)C(C)C. The van der Waals surface area contributed by atoms with Crippen LogP contribution in [0.4, 0.5) is 13.2 Å². The van der Waals surface area contributed by atoms with Gasteiger partial charge in [0, 0.05) is 12.1 Å². The molecule has 1 heterocycles. The quantitative estimate of drug-likeness (QED) is 0.889. The van der Waals surface area contributed by atoms with Crippen LogP contribution in [0, 0.1) is 0 Å². The zero-order chi connectivity index (χ0) is 13.9. The zero-order valence-corrected chi connectivity index (χ0v) is 10.7. The Hall–Kier alpha value is -1.01. The highest BCUT2D eigenvalue weighted by Gasteiger charge is 2.37. The maximum absolute atomic E-state index is 12.6. The third kappa shape index (κ3) is 4.03. The zero-order valence-electron chi connectivity index (χ0n) is 10.7. The van der Waals surface area contributed by atoms with E-state index in [1.54, 1.807) is 32.9 Å². The lowest BCUT2D eigenvalue weighted by atomic mass is 10.0. The molecule has 0 bridgehead atoms. The van der Waals surface area contributed by atoms with E-state index in [4.69, 9.17) is 10.2 Å². The van der Waals surface area contributed by atoms with Crippen molar-refractivity contribution in [2.75, 3.05) is 6.54 Å². The van der Waals surface area contributed by atoms with Crippen molar-refractivity contribution in [3.63, 3.8) is 0 Å². The molecule has 0 saturated heterocycles. The molecule has 1 aromatic rings. The van der Waals surface area contributed by atoms with Crippen molar-refractivity contribution in [3.05, 3.63) is 24.2 Å². The molecule has 0 aliphatic carbocycles. The Morgan fingerprint density at radius 2 is 1.94 bits per heavy atom. The van der Waals surface area contributed by atoms with Crippen LogP contribution in [0.15, 0.2) is 22.8 Å². The van der Waals surface area contributed by atoms with Gasteiger partial charge in [-0.1, -0.05) is 0 Å². The first-order valence-corrected chi connectivity index (χ1v) is 5.84. The molecule has 0 aliphatic rings. The number of rotatable bonds is 5. The molecular formula is C12H19F3N2O. The van der Waals surface area contributed by atoms with E-state index in [2.05, 4.69) is 0 Å². The highest BCUT2D eigenvalue weighted by atomic mass is 19.4. The second-order valence-corrected chi connectivity index (χ2v) is 4.70. The van der Waals surface area contributed by atoms with Crippen LogP contribution in [0.25, 0.3) is 0 Å². The Morgan fingerprint density at radius 1 is 1.33 bits per heavy atom. The second-order valence-electron chi connectivity index (χ2n) is 4.70. The summed E-state index contributed by atoms with van der Waals surface area (Å²) in [6.07, 6.45) is -2.82. The summed E-state index contributed by atoms with van der Waals surface area (Å²) in [6.45, 7) is 4.10. The van der Waals surface area contributed by atoms with E-state index in [9.17, 15) is 13.2 Å². The topological polar surface area (TPSA) is 42.4 Å². The molecule has 0 amide bonds. The highest BCUT2D eigenvalue weighted by Crippen LogP contribution is 2.29. The van der Waals surface area contributed by atoms with Gasteiger partial charge in [0.15, 0.2) is 0 Å². The molecule has 2 N–H and O–H groups in total. The second kappa shape index (κ2) is 5.75. The van der Waals surface area contributed by atoms with Crippen LogP contribution >= 0.6 is 0 Å². The number of hydrogen-bond donors (Lipinski definition) is 1. The fourth-order valence-corrected chi connectivity index (χ4v) is 1.99. The molecule has 1 aromatic heterocycles. The van der Waals surface area contributed by atoms with Gasteiger partial charge in [0.1, 0.15) is 5.76 Å². The molecule has 18 heavy (non-hydrogen) atoms. The van der Waals surface area contributed by atoms with E-state index in [0.29, 0.717) is 5.76 Å². The number of nitrogens with two attached hydrogens (primary N) is 1. The first-order chi connectivity index (χ1) is 8.22. The Labute approximate surface area is 105 Å². The fourth-order valence-electron chi connectivity index (χ4n) is 1.99. The van der Waals surface area contributed by atoms with Gasteiger partial charge >= 0.3 is 6.18 Å². The number of hydrogen-bond acceptors (Lipinski definition) is 3. The van der Waals surface area contributed by atoms with Crippen LogP contribution in [0.1, 0.15) is 32.6 Å². The highest BCUT2D eigenvalue weighted by molar-refractivity contribution is 5.08. The number of halogens is 3. The average molecular weight is 264 g/mol. The summed E-state index contributed by atoms with van der Waals surface area (Å²) in [5, 5.41) is 0. The Morgan fingerprint density at radius 3 is 2.28 bits per heavy atom. The minimum absolute atomic E-state index is 0.285. The van der Waals surface area contributed by atoms with Gasteiger partial charge in [-0.25, -0.2) is 0 Å². The third-order valence-electron chi connectivity index (χ3n) is 2.72. The Bertz CT molecular complexity index is 347. The number of nitrogens with zero attached hydrogens (tertiary/aromatic N) is 1. The molecule has 0 fully saturated rings. The predicted molar refractivity (Wildman–Crippen MR) is 63.0 cm³/mol.